The molecule has 0 N–H and O–H groups in total. The maximum Gasteiger partial charge on any atom is 0.270 e. The van der Waals surface area contributed by atoms with Crippen molar-refractivity contribution in [3.63, 3.8) is 0 Å². The van der Waals surface area contributed by atoms with E-state index in [2.05, 4.69) is 9.88 Å². The van der Waals surface area contributed by atoms with Gasteiger partial charge in [-0.25, -0.2) is 17.7 Å². The van der Waals surface area contributed by atoms with Gasteiger partial charge in [0.15, 0.2) is 12.4 Å². The first-order chi connectivity index (χ1) is 20.3. The van der Waals surface area contributed by atoms with Gasteiger partial charge >= 0.3 is 0 Å². The number of rotatable bonds is 9. The van der Waals surface area contributed by atoms with E-state index < -0.39 is 15.9 Å². The van der Waals surface area contributed by atoms with Crippen molar-refractivity contribution in [3.8, 4) is 5.75 Å². The molecule has 1 aliphatic rings. The fourth-order valence-corrected chi connectivity index (χ4v) is 6.16. The molecule has 10 nitrogen and oxygen atoms in total. The maximum atomic E-state index is 14.1. The molecule has 42 heavy (non-hydrogen) atoms. The zero-order valence-electron chi connectivity index (χ0n) is 23.1. The summed E-state index contributed by atoms with van der Waals surface area (Å²) in [4.78, 5) is 22.4. The van der Waals surface area contributed by atoms with Crippen LogP contribution in [0.25, 0.3) is 12.2 Å². The Morgan fingerprint density at radius 3 is 2.31 bits per heavy atom. The van der Waals surface area contributed by atoms with Crippen LogP contribution in [0.4, 0.5) is 11.5 Å². The van der Waals surface area contributed by atoms with Crippen molar-refractivity contribution in [3.05, 3.63) is 114 Å². The SMILES string of the molecule is COc1ccc(S(=O)(=O)N(C(=O)CN2CCN(c3ccccn3)CC2)c2ccccc2C=Cc2cc[n+]([O-])cc2)cc1. The molecule has 1 saturated heterocycles. The molecule has 5 rings (SSSR count). The number of nitrogens with zero attached hydrogens (tertiary/aromatic N) is 5. The van der Waals surface area contributed by atoms with Crippen molar-refractivity contribution >= 4 is 39.6 Å². The van der Waals surface area contributed by atoms with Crippen LogP contribution < -0.4 is 18.7 Å². The molecular formula is C31H31N5O5S. The number of anilines is 2. The molecule has 0 bridgehead atoms. The van der Waals surface area contributed by atoms with E-state index in [1.54, 1.807) is 66.9 Å². The Morgan fingerprint density at radius 2 is 1.64 bits per heavy atom. The molecule has 4 aromatic rings. The number of aromatic nitrogens is 2. The third kappa shape index (κ3) is 6.59. The number of benzene rings is 2. The summed E-state index contributed by atoms with van der Waals surface area (Å²) in [6.07, 6.45) is 8.00. The van der Waals surface area contributed by atoms with Crippen LogP contribution in [-0.2, 0) is 14.8 Å². The van der Waals surface area contributed by atoms with Gasteiger partial charge in [-0.05, 0) is 53.6 Å². The Bertz CT molecular complexity index is 1640. The van der Waals surface area contributed by atoms with Crippen molar-refractivity contribution in [2.24, 2.45) is 0 Å². The van der Waals surface area contributed by atoms with E-state index in [-0.39, 0.29) is 17.1 Å². The van der Waals surface area contributed by atoms with Crippen LogP contribution in [0.5, 0.6) is 5.75 Å². The fourth-order valence-electron chi connectivity index (χ4n) is 4.72. The first kappa shape index (κ1) is 28.8. The second-order valence-corrected chi connectivity index (χ2v) is 11.5. The standard InChI is InChI=1S/C31H31N5O5S/c1-41-27-11-13-28(14-12-27)42(39,40)36(29-7-3-2-6-26(29)10-9-25-15-18-35(38)19-16-25)31(37)24-33-20-22-34(23-21-33)30-8-4-5-17-32-30/h2-19H,20-24H2,1H3. The van der Waals surface area contributed by atoms with E-state index in [0.29, 0.717) is 42.2 Å². The summed E-state index contributed by atoms with van der Waals surface area (Å²) in [6.45, 7) is 2.40. The average Bonchev–Trinajstić information content (AvgIpc) is 3.02. The van der Waals surface area contributed by atoms with Gasteiger partial charge in [0.1, 0.15) is 11.6 Å². The van der Waals surface area contributed by atoms with Gasteiger partial charge in [0, 0.05) is 44.5 Å². The highest BCUT2D eigenvalue weighted by molar-refractivity contribution is 7.93. The predicted molar refractivity (Wildman–Crippen MR) is 161 cm³/mol. The summed E-state index contributed by atoms with van der Waals surface area (Å²) in [6, 6.07) is 21.8. The topological polar surface area (TPSA) is 110 Å². The number of hydrogen-bond acceptors (Lipinski definition) is 8. The molecule has 1 fully saturated rings. The van der Waals surface area contributed by atoms with Crippen LogP contribution in [-0.4, -0.2) is 64.0 Å². The van der Waals surface area contributed by atoms with Crippen molar-refractivity contribution in [1.29, 1.82) is 0 Å². The molecule has 1 aliphatic heterocycles. The van der Waals surface area contributed by atoms with E-state index in [1.807, 2.05) is 23.1 Å². The number of para-hydroxylation sites is 1. The second-order valence-electron chi connectivity index (χ2n) is 9.67. The zero-order valence-corrected chi connectivity index (χ0v) is 23.9. The van der Waals surface area contributed by atoms with Crippen molar-refractivity contribution in [2.75, 3.05) is 49.0 Å². The van der Waals surface area contributed by atoms with Gasteiger partial charge in [-0.3, -0.25) is 9.69 Å². The molecule has 2 aromatic heterocycles. The zero-order chi connectivity index (χ0) is 29.5. The van der Waals surface area contributed by atoms with Crippen LogP contribution >= 0.6 is 0 Å². The lowest BCUT2D eigenvalue weighted by molar-refractivity contribution is -0.605. The smallest absolute Gasteiger partial charge is 0.270 e. The average molecular weight is 586 g/mol. The summed E-state index contributed by atoms with van der Waals surface area (Å²) < 4.78 is 34.9. The summed E-state index contributed by atoms with van der Waals surface area (Å²) in [5.41, 5.74) is 1.51. The van der Waals surface area contributed by atoms with Gasteiger partial charge in [-0.15, -0.1) is 0 Å². The summed E-state index contributed by atoms with van der Waals surface area (Å²) in [5.74, 6) is 0.810. The Balaban J connectivity index is 1.45. The molecular weight excluding hydrogens is 554 g/mol. The first-order valence-electron chi connectivity index (χ1n) is 13.4. The van der Waals surface area contributed by atoms with Crippen LogP contribution in [0.1, 0.15) is 11.1 Å². The number of pyridine rings is 2. The van der Waals surface area contributed by atoms with Gasteiger partial charge in [0.2, 0.25) is 0 Å². The Hall–Kier alpha value is -4.74. The van der Waals surface area contributed by atoms with Crippen LogP contribution in [0.15, 0.2) is 102 Å². The van der Waals surface area contributed by atoms with E-state index in [9.17, 15) is 18.4 Å². The number of hydrogen-bond donors (Lipinski definition) is 0. The molecule has 11 heteroatoms. The molecule has 0 unspecified atom stereocenters. The lowest BCUT2D eigenvalue weighted by atomic mass is 10.1. The van der Waals surface area contributed by atoms with Gasteiger partial charge in [0.05, 0.1) is 24.2 Å². The number of piperazine rings is 1. The van der Waals surface area contributed by atoms with Crippen molar-refractivity contribution in [1.82, 2.24) is 9.88 Å². The normalized spacial score (nSPS) is 14.2. The molecule has 2 aromatic carbocycles. The van der Waals surface area contributed by atoms with Crippen molar-refractivity contribution < 1.29 is 22.7 Å². The van der Waals surface area contributed by atoms with E-state index in [1.165, 1.54) is 31.6 Å². The monoisotopic (exact) mass is 585 g/mol. The molecule has 3 heterocycles. The first-order valence-corrected chi connectivity index (χ1v) is 14.9. The summed E-state index contributed by atoms with van der Waals surface area (Å²) >= 11 is 0. The van der Waals surface area contributed by atoms with Crippen LogP contribution in [0, 0.1) is 5.21 Å². The lowest BCUT2D eigenvalue weighted by Gasteiger charge is -2.36. The van der Waals surface area contributed by atoms with Crippen LogP contribution in [0.3, 0.4) is 0 Å². The minimum atomic E-state index is -4.29. The predicted octanol–water partition coefficient (Wildman–Crippen LogP) is 3.44. The Labute approximate surface area is 245 Å². The molecule has 0 spiro atoms. The number of ether oxygens (including phenoxy) is 1. The molecule has 0 atom stereocenters. The summed E-state index contributed by atoms with van der Waals surface area (Å²) in [5, 5.41) is 11.4. The van der Waals surface area contributed by atoms with Crippen molar-refractivity contribution in [2.45, 2.75) is 4.90 Å². The maximum absolute atomic E-state index is 14.1. The number of methoxy groups -OCH3 is 1. The highest BCUT2D eigenvalue weighted by Crippen LogP contribution is 2.30. The fraction of sp³-hybridized carbons (Fsp3) is 0.194. The number of sulfonamides is 1. The van der Waals surface area contributed by atoms with E-state index in [0.717, 1.165) is 15.7 Å². The molecule has 0 aliphatic carbocycles. The third-order valence-corrected chi connectivity index (χ3v) is 8.72. The van der Waals surface area contributed by atoms with Gasteiger partial charge in [0.25, 0.3) is 15.9 Å². The summed E-state index contributed by atoms with van der Waals surface area (Å²) in [7, 11) is -2.79. The lowest BCUT2D eigenvalue weighted by Crippen LogP contribution is -2.51. The molecule has 0 saturated carbocycles. The third-order valence-electron chi connectivity index (χ3n) is 6.97. The van der Waals surface area contributed by atoms with Crippen LogP contribution in [0.2, 0.25) is 0 Å². The van der Waals surface area contributed by atoms with E-state index in [4.69, 9.17) is 4.74 Å². The largest absolute Gasteiger partial charge is 0.619 e. The van der Waals surface area contributed by atoms with Gasteiger partial charge < -0.3 is 14.8 Å². The minimum absolute atomic E-state index is 0.0292. The highest BCUT2D eigenvalue weighted by atomic mass is 32.2. The second kappa shape index (κ2) is 12.8. The molecule has 1 amide bonds. The number of carbonyl (C=O) groups is 1. The Kier molecular flexibility index (Phi) is 8.80. The van der Waals surface area contributed by atoms with E-state index >= 15 is 0 Å². The minimum Gasteiger partial charge on any atom is -0.619 e. The molecule has 0 radical (unpaired) electrons. The van der Waals surface area contributed by atoms with Gasteiger partial charge in [-0.1, -0.05) is 36.4 Å². The molecule has 216 valence electrons. The Morgan fingerprint density at radius 1 is 0.952 bits per heavy atom. The number of amides is 1. The quantitative estimate of drug-likeness (QED) is 0.217. The number of carbonyl (C=O) groups excluding carboxylic acids is 1. The van der Waals surface area contributed by atoms with Gasteiger partial charge in [-0.2, -0.15) is 4.73 Å². The highest BCUT2D eigenvalue weighted by Gasteiger charge is 2.34.